The average molecular weight is 343 g/mol. The molecule has 124 valence electrons. The van der Waals surface area contributed by atoms with Gasteiger partial charge in [0.05, 0.1) is 35.9 Å². The zero-order valence-corrected chi connectivity index (χ0v) is 13.7. The second kappa shape index (κ2) is 6.35. The fraction of sp³-hybridized carbons (Fsp3) is 0.294. The highest BCUT2D eigenvalue weighted by Crippen LogP contribution is 2.31. The topological polar surface area (TPSA) is 90.4 Å². The second-order valence-electron chi connectivity index (χ2n) is 5.79. The van der Waals surface area contributed by atoms with Crippen molar-refractivity contribution in [3.8, 4) is 10.8 Å². The molecule has 1 aliphatic heterocycles. The van der Waals surface area contributed by atoms with E-state index in [1.165, 1.54) is 0 Å². The van der Waals surface area contributed by atoms with Gasteiger partial charge in [-0.1, -0.05) is 12.1 Å². The molecule has 2 atom stereocenters. The smallest absolute Gasteiger partial charge is 0.224 e. The molecule has 0 aliphatic carbocycles. The van der Waals surface area contributed by atoms with Gasteiger partial charge in [0.25, 0.3) is 0 Å². The normalized spacial score (nSPS) is 20.7. The first-order chi connectivity index (χ1) is 11.7. The number of hydrogen-bond donors (Lipinski definition) is 2. The first kappa shape index (κ1) is 15.3. The molecule has 1 amide bonds. The Morgan fingerprint density at radius 2 is 2.17 bits per heavy atom. The molecule has 7 heteroatoms. The summed E-state index contributed by atoms with van der Waals surface area (Å²) in [6.07, 6.45) is 0. The molecule has 3 heterocycles. The number of carbonyl (C=O) groups excluding carboxylic acids is 1. The van der Waals surface area contributed by atoms with Gasteiger partial charge in [-0.25, -0.2) is 4.98 Å². The Balaban J connectivity index is 1.46. The van der Waals surface area contributed by atoms with Gasteiger partial charge in [-0.2, -0.15) is 0 Å². The molecule has 0 unspecified atom stereocenters. The predicted octanol–water partition coefficient (Wildman–Crippen LogP) is 2.15. The number of nitrogens with one attached hydrogen (secondary N) is 1. The minimum atomic E-state index is -0.334. The van der Waals surface area contributed by atoms with Crippen LogP contribution in [-0.2, 0) is 16.1 Å². The van der Waals surface area contributed by atoms with Gasteiger partial charge < -0.3 is 20.2 Å². The van der Waals surface area contributed by atoms with Crippen LogP contribution in [0.15, 0.2) is 40.8 Å². The zero-order valence-electron chi connectivity index (χ0n) is 12.9. The SMILES string of the molecule is NC(=O)[C@@H]1COC[C@@H]1NCc1ccc(-c2nc3ccccc3s2)o1. The third-order valence-electron chi connectivity index (χ3n) is 4.15. The Morgan fingerprint density at radius 1 is 1.29 bits per heavy atom. The minimum Gasteiger partial charge on any atom is -0.457 e. The molecule has 6 nitrogen and oxygen atoms in total. The van der Waals surface area contributed by atoms with Gasteiger partial charge in [-0.15, -0.1) is 11.3 Å². The molecule has 3 N–H and O–H groups in total. The van der Waals surface area contributed by atoms with E-state index in [0.717, 1.165) is 26.7 Å². The van der Waals surface area contributed by atoms with Crippen LogP contribution < -0.4 is 11.1 Å². The number of rotatable bonds is 5. The van der Waals surface area contributed by atoms with Crippen molar-refractivity contribution in [1.82, 2.24) is 10.3 Å². The highest BCUT2D eigenvalue weighted by molar-refractivity contribution is 7.21. The largest absolute Gasteiger partial charge is 0.457 e. The number of amides is 1. The molecule has 24 heavy (non-hydrogen) atoms. The molecule has 1 aliphatic rings. The van der Waals surface area contributed by atoms with E-state index in [9.17, 15) is 4.79 Å². The van der Waals surface area contributed by atoms with E-state index in [1.807, 2.05) is 36.4 Å². The van der Waals surface area contributed by atoms with Gasteiger partial charge in [0.2, 0.25) is 5.91 Å². The van der Waals surface area contributed by atoms with Crippen LogP contribution in [0, 0.1) is 5.92 Å². The third kappa shape index (κ3) is 2.93. The molecule has 1 fully saturated rings. The van der Waals surface area contributed by atoms with Gasteiger partial charge >= 0.3 is 0 Å². The molecular formula is C17H17N3O3S. The van der Waals surface area contributed by atoms with Crippen molar-refractivity contribution in [3.05, 3.63) is 42.2 Å². The van der Waals surface area contributed by atoms with Crippen molar-refractivity contribution in [2.24, 2.45) is 11.7 Å². The fourth-order valence-electron chi connectivity index (χ4n) is 2.83. The summed E-state index contributed by atoms with van der Waals surface area (Å²) in [7, 11) is 0. The lowest BCUT2D eigenvalue weighted by Crippen LogP contribution is -2.41. The Bertz CT molecular complexity index is 840. The lowest BCUT2D eigenvalue weighted by Gasteiger charge is -2.15. The molecule has 0 radical (unpaired) electrons. The number of nitrogens with two attached hydrogens (primary N) is 1. The zero-order chi connectivity index (χ0) is 16.5. The first-order valence-corrected chi connectivity index (χ1v) is 8.57. The number of fused-ring (bicyclic) bond motifs is 1. The Hall–Kier alpha value is -2.22. The third-order valence-corrected chi connectivity index (χ3v) is 5.20. The summed E-state index contributed by atoms with van der Waals surface area (Å²) in [5.41, 5.74) is 6.36. The van der Waals surface area contributed by atoms with E-state index < -0.39 is 0 Å². The number of para-hydroxylation sites is 1. The Kier molecular flexibility index (Phi) is 4.05. The maximum atomic E-state index is 11.4. The lowest BCUT2D eigenvalue weighted by molar-refractivity contribution is -0.122. The Morgan fingerprint density at radius 3 is 3.00 bits per heavy atom. The van der Waals surface area contributed by atoms with E-state index >= 15 is 0 Å². The fourth-order valence-corrected chi connectivity index (χ4v) is 3.76. The quantitative estimate of drug-likeness (QED) is 0.741. The van der Waals surface area contributed by atoms with Crippen molar-refractivity contribution in [3.63, 3.8) is 0 Å². The summed E-state index contributed by atoms with van der Waals surface area (Å²) in [4.78, 5) is 16.0. The van der Waals surface area contributed by atoms with Crippen LogP contribution in [0.25, 0.3) is 21.0 Å². The number of nitrogens with zero attached hydrogens (tertiary/aromatic N) is 1. The summed E-state index contributed by atoms with van der Waals surface area (Å²) in [5.74, 6) is 0.921. The van der Waals surface area contributed by atoms with E-state index in [0.29, 0.717) is 19.8 Å². The van der Waals surface area contributed by atoms with Crippen LogP contribution >= 0.6 is 11.3 Å². The molecule has 1 aromatic carbocycles. The van der Waals surface area contributed by atoms with E-state index in [4.69, 9.17) is 14.9 Å². The molecule has 2 aromatic heterocycles. The van der Waals surface area contributed by atoms with Crippen LogP contribution in [-0.4, -0.2) is 30.1 Å². The number of ether oxygens (including phenoxy) is 1. The molecule has 0 bridgehead atoms. The van der Waals surface area contributed by atoms with Crippen LogP contribution in [0.3, 0.4) is 0 Å². The number of carbonyl (C=O) groups is 1. The molecule has 1 saturated heterocycles. The average Bonchev–Trinajstić information content (AvgIpc) is 3.30. The molecule has 3 aromatic rings. The van der Waals surface area contributed by atoms with Gasteiger partial charge in [0.15, 0.2) is 10.8 Å². The summed E-state index contributed by atoms with van der Waals surface area (Å²) in [6.45, 7) is 1.38. The molecule has 0 spiro atoms. The number of benzene rings is 1. The minimum absolute atomic E-state index is 0.0708. The number of furan rings is 1. The van der Waals surface area contributed by atoms with Crippen molar-refractivity contribution >= 4 is 27.5 Å². The number of aromatic nitrogens is 1. The van der Waals surface area contributed by atoms with Gasteiger partial charge in [-0.3, -0.25) is 4.79 Å². The van der Waals surface area contributed by atoms with E-state index in [1.54, 1.807) is 11.3 Å². The predicted molar refractivity (Wildman–Crippen MR) is 91.5 cm³/mol. The molecule has 0 saturated carbocycles. The van der Waals surface area contributed by atoms with E-state index in [-0.39, 0.29) is 17.9 Å². The highest BCUT2D eigenvalue weighted by Gasteiger charge is 2.32. The summed E-state index contributed by atoms with van der Waals surface area (Å²) in [6, 6.07) is 11.8. The maximum Gasteiger partial charge on any atom is 0.224 e. The van der Waals surface area contributed by atoms with Gasteiger partial charge in [-0.05, 0) is 24.3 Å². The lowest BCUT2D eigenvalue weighted by atomic mass is 10.0. The number of thiazole rings is 1. The van der Waals surface area contributed by atoms with Crippen molar-refractivity contribution in [2.45, 2.75) is 12.6 Å². The van der Waals surface area contributed by atoms with Crippen LogP contribution in [0.2, 0.25) is 0 Å². The second-order valence-corrected chi connectivity index (χ2v) is 6.82. The van der Waals surface area contributed by atoms with Crippen molar-refractivity contribution in [1.29, 1.82) is 0 Å². The first-order valence-electron chi connectivity index (χ1n) is 7.76. The van der Waals surface area contributed by atoms with Crippen LogP contribution in [0.5, 0.6) is 0 Å². The van der Waals surface area contributed by atoms with Crippen LogP contribution in [0.4, 0.5) is 0 Å². The van der Waals surface area contributed by atoms with Crippen molar-refractivity contribution in [2.75, 3.05) is 13.2 Å². The summed E-state index contributed by atoms with van der Waals surface area (Å²) in [5, 5.41) is 4.15. The highest BCUT2D eigenvalue weighted by atomic mass is 32.1. The standard InChI is InChI=1S/C17H17N3O3S/c18-16(21)11-8-22-9-13(11)19-7-10-5-6-14(23-10)17-20-12-3-1-2-4-15(12)24-17/h1-6,11,13,19H,7-9H2,(H2,18,21)/t11-,13+/m1/s1. The Labute approximate surface area is 142 Å². The molecular weight excluding hydrogens is 326 g/mol. The van der Waals surface area contributed by atoms with Gasteiger partial charge in [0, 0.05) is 6.04 Å². The summed E-state index contributed by atoms with van der Waals surface area (Å²) >= 11 is 1.60. The van der Waals surface area contributed by atoms with Crippen LogP contribution in [0.1, 0.15) is 5.76 Å². The maximum absolute atomic E-state index is 11.4. The van der Waals surface area contributed by atoms with Crippen molar-refractivity contribution < 1.29 is 13.9 Å². The van der Waals surface area contributed by atoms with E-state index in [2.05, 4.69) is 10.3 Å². The number of primary amides is 1. The number of hydrogen-bond acceptors (Lipinski definition) is 6. The summed E-state index contributed by atoms with van der Waals surface area (Å²) < 4.78 is 12.3. The molecule has 4 rings (SSSR count). The monoisotopic (exact) mass is 343 g/mol. The van der Waals surface area contributed by atoms with Gasteiger partial charge in [0.1, 0.15) is 5.76 Å².